The summed E-state index contributed by atoms with van der Waals surface area (Å²) in [5.74, 6) is 0. The summed E-state index contributed by atoms with van der Waals surface area (Å²) in [6, 6.07) is 0. The van der Waals surface area contributed by atoms with Crippen LogP contribution in [0.15, 0.2) is 12.3 Å². The van der Waals surface area contributed by atoms with E-state index in [1.54, 1.807) is 0 Å². The lowest BCUT2D eigenvalue weighted by Gasteiger charge is -2.03. The van der Waals surface area contributed by atoms with Crippen molar-refractivity contribution in [2.45, 2.75) is 78.1 Å². The molecule has 18 heavy (non-hydrogen) atoms. The number of hydrogen-bond donors (Lipinski definition) is 2. The molecule has 0 bridgehead atoms. The molecular formula is C16H34N2. The van der Waals surface area contributed by atoms with Crippen LogP contribution in [0.3, 0.4) is 0 Å². The molecule has 2 nitrogen and oxygen atoms in total. The number of rotatable bonds is 14. The van der Waals surface area contributed by atoms with Crippen molar-refractivity contribution < 1.29 is 0 Å². The molecular weight excluding hydrogens is 220 g/mol. The summed E-state index contributed by atoms with van der Waals surface area (Å²) in [6.45, 7) is 6.54. The lowest BCUT2D eigenvalue weighted by Crippen LogP contribution is -2.26. The van der Waals surface area contributed by atoms with Crippen molar-refractivity contribution in [2.24, 2.45) is 0 Å². The van der Waals surface area contributed by atoms with Crippen LogP contribution in [-0.4, -0.2) is 13.2 Å². The summed E-state index contributed by atoms with van der Waals surface area (Å²) in [5, 5.41) is 6.66. The first-order valence-electron chi connectivity index (χ1n) is 8.01. The summed E-state index contributed by atoms with van der Waals surface area (Å²) < 4.78 is 0. The van der Waals surface area contributed by atoms with Gasteiger partial charge in [-0.15, -0.1) is 0 Å². The third kappa shape index (κ3) is 15.5. The van der Waals surface area contributed by atoms with Crippen LogP contribution in [0, 0.1) is 0 Å². The number of hydrogen-bond acceptors (Lipinski definition) is 2. The van der Waals surface area contributed by atoms with Crippen LogP contribution in [0.2, 0.25) is 0 Å². The van der Waals surface area contributed by atoms with Crippen molar-refractivity contribution in [2.75, 3.05) is 13.2 Å². The minimum absolute atomic E-state index is 0.900. The Kier molecular flexibility index (Phi) is 16.0. The largest absolute Gasteiger partial charge is 0.379 e. The van der Waals surface area contributed by atoms with Crippen molar-refractivity contribution in [3.63, 3.8) is 0 Å². The standard InChI is InChI=1S/C16H34N2/c1-3-5-7-8-9-10-11-13-15-18-16-17-14-12-6-4-2/h13,15,17-18H,3-12,14,16H2,1-2H3. The van der Waals surface area contributed by atoms with Crippen LogP contribution in [0.1, 0.15) is 78.1 Å². The SMILES string of the molecule is CCCCCCCCC=CNCNCCCCC. The maximum absolute atomic E-state index is 3.38. The highest BCUT2D eigenvalue weighted by Crippen LogP contribution is 2.06. The van der Waals surface area contributed by atoms with E-state index in [0.29, 0.717) is 0 Å². The van der Waals surface area contributed by atoms with E-state index in [4.69, 9.17) is 0 Å². The molecule has 2 N–H and O–H groups in total. The van der Waals surface area contributed by atoms with Gasteiger partial charge in [-0.25, -0.2) is 0 Å². The quantitative estimate of drug-likeness (QED) is 0.350. The van der Waals surface area contributed by atoms with Crippen molar-refractivity contribution >= 4 is 0 Å². The maximum Gasteiger partial charge on any atom is 0.0647 e. The zero-order valence-corrected chi connectivity index (χ0v) is 12.6. The van der Waals surface area contributed by atoms with Crippen molar-refractivity contribution in [3.8, 4) is 0 Å². The molecule has 0 aromatic carbocycles. The third-order valence-electron chi connectivity index (χ3n) is 3.14. The van der Waals surface area contributed by atoms with E-state index < -0.39 is 0 Å². The molecule has 0 atom stereocenters. The first-order valence-corrected chi connectivity index (χ1v) is 8.01. The van der Waals surface area contributed by atoms with E-state index >= 15 is 0 Å². The molecule has 2 heteroatoms. The van der Waals surface area contributed by atoms with Gasteiger partial charge in [0.05, 0.1) is 6.67 Å². The van der Waals surface area contributed by atoms with E-state index in [2.05, 4.69) is 36.8 Å². The van der Waals surface area contributed by atoms with Gasteiger partial charge in [0, 0.05) is 0 Å². The number of unbranched alkanes of at least 4 members (excludes halogenated alkanes) is 8. The summed E-state index contributed by atoms with van der Waals surface area (Å²) in [4.78, 5) is 0. The molecule has 0 aliphatic heterocycles. The Bertz CT molecular complexity index is 148. The zero-order valence-electron chi connectivity index (χ0n) is 12.6. The Labute approximate surface area is 115 Å². The Morgan fingerprint density at radius 1 is 0.778 bits per heavy atom. The van der Waals surface area contributed by atoms with E-state index in [0.717, 1.165) is 13.2 Å². The summed E-state index contributed by atoms with van der Waals surface area (Å²) in [7, 11) is 0. The van der Waals surface area contributed by atoms with Crippen molar-refractivity contribution in [1.82, 2.24) is 10.6 Å². The molecule has 0 heterocycles. The second-order valence-electron chi connectivity index (χ2n) is 5.05. The van der Waals surface area contributed by atoms with Crippen LogP contribution in [0.4, 0.5) is 0 Å². The van der Waals surface area contributed by atoms with Crippen LogP contribution in [-0.2, 0) is 0 Å². The lowest BCUT2D eigenvalue weighted by molar-refractivity contribution is 0.595. The van der Waals surface area contributed by atoms with E-state index in [-0.39, 0.29) is 0 Å². The second kappa shape index (κ2) is 16.5. The van der Waals surface area contributed by atoms with E-state index in [1.165, 1.54) is 64.2 Å². The smallest absolute Gasteiger partial charge is 0.0647 e. The van der Waals surface area contributed by atoms with Gasteiger partial charge < -0.3 is 10.6 Å². The van der Waals surface area contributed by atoms with Gasteiger partial charge in [-0.2, -0.15) is 0 Å². The van der Waals surface area contributed by atoms with Gasteiger partial charge in [0.2, 0.25) is 0 Å². The van der Waals surface area contributed by atoms with Crippen molar-refractivity contribution in [3.05, 3.63) is 12.3 Å². The van der Waals surface area contributed by atoms with Gasteiger partial charge in [-0.1, -0.05) is 64.9 Å². The Morgan fingerprint density at radius 2 is 1.44 bits per heavy atom. The Hall–Kier alpha value is -0.500. The third-order valence-corrected chi connectivity index (χ3v) is 3.14. The van der Waals surface area contributed by atoms with Gasteiger partial charge in [-0.3, -0.25) is 0 Å². The molecule has 0 aromatic heterocycles. The Morgan fingerprint density at radius 3 is 2.22 bits per heavy atom. The first kappa shape index (κ1) is 17.5. The fourth-order valence-electron chi connectivity index (χ4n) is 1.93. The molecule has 0 fully saturated rings. The van der Waals surface area contributed by atoms with Crippen molar-refractivity contribution in [1.29, 1.82) is 0 Å². The fourth-order valence-corrected chi connectivity index (χ4v) is 1.93. The minimum atomic E-state index is 0.900. The predicted molar refractivity (Wildman–Crippen MR) is 82.7 cm³/mol. The molecule has 0 saturated carbocycles. The lowest BCUT2D eigenvalue weighted by atomic mass is 10.1. The Balaban J connectivity index is 3.00. The number of allylic oxidation sites excluding steroid dienone is 1. The predicted octanol–water partition coefficient (Wildman–Crippen LogP) is 4.58. The van der Waals surface area contributed by atoms with Gasteiger partial charge in [0.25, 0.3) is 0 Å². The molecule has 0 aliphatic carbocycles. The monoisotopic (exact) mass is 254 g/mol. The topological polar surface area (TPSA) is 24.1 Å². The average Bonchev–Trinajstić information content (AvgIpc) is 2.39. The molecule has 108 valence electrons. The van der Waals surface area contributed by atoms with E-state index in [1.807, 2.05) is 0 Å². The maximum atomic E-state index is 3.38. The highest BCUT2D eigenvalue weighted by molar-refractivity contribution is 4.78. The van der Waals surface area contributed by atoms with Gasteiger partial charge >= 0.3 is 0 Å². The fraction of sp³-hybridized carbons (Fsp3) is 0.875. The highest BCUT2D eigenvalue weighted by atomic mass is 15.0. The van der Waals surface area contributed by atoms with Crippen LogP contribution in [0.25, 0.3) is 0 Å². The second-order valence-corrected chi connectivity index (χ2v) is 5.05. The summed E-state index contributed by atoms with van der Waals surface area (Å²) in [5.41, 5.74) is 0. The van der Waals surface area contributed by atoms with Crippen LogP contribution < -0.4 is 10.6 Å². The summed E-state index contributed by atoms with van der Waals surface area (Å²) >= 11 is 0. The van der Waals surface area contributed by atoms with Crippen LogP contribution >= 0.6 is 0 Å². The average molecular weight is 254 g/mol. The molecule has 0 unspecified atom stereocenters. The normalized spacial score (nSPS) is 11.2. The van der Waals surface area contributed by atoms with Gasteiger partial charge in [-0.05, 0) is 32.0 Å². The molecule has 0 spiro atoms. The highest BCUT2D eigenvalue weighted by Gasteiger charge is 1.88. The summed E-state index contributed by atoms with van der Waals surface area (Å²) in [6.07, 6.45) is 17.8. The number of nitrogens with one attached hydrogen (secondary N) is 2. The molecule has 0 rings (SSSR count). The van der Waals surface area contributed by atoms with Gasteiger partial charge in [0.15, 0.2) is 0 Å². The minimum Gasteiger partial charge on any atom is -0.379 e. The molecule has 0 radical (unpaired) electrons. The molecule has 0 amide bonds. The van der Waals surface area contributed by atoms with Gasteiger partial charge in [0.1, 0.15) is 0 Å². The van der Waals surface area contributed by atoms with E-state index in [9.17, 15) is 0 Å². The molecule has 0 aromatic rings. The first-order chi connectivity index (χ1) is 8.91. The van der Waals surface area contributed by atoms with Crippen LogP contribution in [0.5, 0.6) is 0 Å². The zero-order chi connectivity index (χ0) is 13.3. The molecule has 0 saturated heterocycles. The molecule has 0 aliphatic rings.